The fourth-order valence-corrected chi connectivity index (χ4v) is 1.91. The lowest BCUT2D eigenvalue weighted by atomic mass is 10.1. The van der Waals surface area contributed by atoms with Crippen LogP contribution in [0, 0.1) is 24.0 Å². The van der Waals surface area contributed by atoms with Crippen molar-refractivity contribution in [2.24, 2.45) is 0 Å². The molecule has 0 bridgehead atoms. The first-order valence-electron chi connectivity index (χ1n) is 6.00. The Balaban J connectivity index is 2.40. The summed E-state index contributed by atoms with van der Waals surface area (Å²) in [5, 5.41) is 10.9. The molecule has 0 saturated heterocycles. The van der Waals surface area contributed by atoms with Crippen LogP contribution in [0.4, 0.5) is 5.69 Å². The number of aldehydes is 1. The zero-order chi connectivity index (χ0) is 14.7. The van der Waals surface area contributed by atoms with Crippen LogP contribution in [0.2, 0.25) is 0 Å². The average Bonchev–Trinajstić information content (AvgIpc) is 2.41. The zero-order valence-corrected chi connectivity index (χ0v) is 11.1. The van der Waals surface area contributed by atoms with Crippen LogP contribution >= 0.6 is 0 Å². The molecule has 0 saturated carbocycles. The predicted octanol–water partition coefficient (Wildman–Crippen LogP) is 3.82. The normalized spacial score (nSPS) is 10.1. The minimum atomic E-state index is -0.441. The van der Waals surface area contributed by atoms with E-state index in [0.29, 0.717) is 22.6 Å². The van der Waals surface area contributed by atoms with Gasteiger partial charge in [-0.1, -0.05) is 12.1 Å². The molecule has 0 unspecified atom stereocenters. The minimum Gasteiger partial charge on any atom is -0.457 e. The fraction of sp³-hybridized carbons (Fsp3) is 0.133. The van der Waals surface area contributed by atoms with Crippen molar-refractivity contribution >= 4 is 12.0 Å². The van der Waals surface area contributed by atoms with Crippen molar-refractivity contribution in [3.8, 4) is 11.5 Å². The molecule has 0 fully saturated rings. The number of aryl methyl sites for hydroxylation is 2. The van der Waals surface area contributed by atoms with Gasteiger partial charge in [-0.25, -0.2) is 0 Å². The molecule has 0 radical (unpaired) electrons. The summed E-state index contributed by atoms with van der Waals surface area (Å²) in [5.74, 6) is 0.876. The van der Waals surface area contributed by atoms with E-state index in [9.17, 15) is 14.9 Å². The first-order chi connectivity index (χ1) is 9.51. The van der Waals surface area contributed by atoms with E-state index >= 15 is 0 Å². The number of carbonyl (C=O) groups excluding carboxylic acids is 1. The van der Waals surface area contributed by atoms with Crippen LogP contribution in [0.1, 0.15) is 21.5 Å². The summed E-state index contributed by atoms with van der Waals surface area (Å²) in [6.07, 6.45) is 0.720. The molecule has 102 valence electrons. The third-order valence-electron chi connectivity index (χ3n) is 2.91. The molecule has 2 aromatic rings. The van der Waals surface area contributed by atoms with Crippen molar-refractivity contribution in [2.45, 2.75) is 13.8 Å². The maximum absolute atomic E-state index is 10.9. The SMILES string of the molecule is Cc1cc(C)c([N+](=O)[O-])cc1Oc1cccc(C=O)c1. The summed E-state index contributed by atoms with van der Waals surface area (Å²) in [5.41, 5.74) is 1.88. The Kier molecular flexibility index (Phi) is 3.79. The second kappa shape index (κ2) is 5.52. The molecule has 5 heteroatoms. The molecule has 0 spiro atoms. The standard InChI is InChI=1S/C15H13NO4/c1-10-6-11(2)15(8-14(10)16(18)19)20-13-5-3-4-12(7-13)9-17/h3-9H,1-2H3. The van der Waals surface area contributed by atoms with Crippen molar-refractivity contribution in [3.63, 3.8) is 0 Å². The van der Waals surface area contributed by atoms with E-state index < -0.39 is 4.92 Å². The number of benzene rings is 2. The second-order valence-electron chi connectivity index (χ2n) is 4.45. The monoisotopic (exact) mass is 271 g/mol. The molecule has 20 heavy (non-hydrogen) atoms. The minimum absolute atomic E-state index is 0.0112. The number of hydrogen-bond acceptors (Lipinski definition) is 4. The highest BCUT2D eigenvalue weighted by Gasteiger charge is 2.15. The van der Waals surface area contributed by atoms with E-state index in [1.165, 1.54) is 6.07 Å². The highest BCUT2D eigenvalue weighted by Crippen LogP contribution is 2.31. The van der Waals surface area contributed by atoms with Crippen molar-refractivity contribution in [1.29, 1.82) is 0 Å². The van der Waals surface area contributed by atoms with Crippen LogP contribution in [0.3, 0.4) is 0 Å². The van der Waals surface area contributed by atoms with Crippen LogP contribution in [-0.4, -0.2) is 11.2 Å². The zero-order valence-electron chi connectivity index (χ0n) is 11.1. The molecule has 2 rings (SSSR count). The number of nitrogens with zero attached hydrogens (tertiary/aromatic N) is 1. The van der Waals surface area contributed by atoms with Gasteiger partial charge >= 0.3 is 0 Å². The Hall–Kier alpha value is -2.69. The summed E-state index contributed by atoms with van der Waals surface area (Å²) in [6, 6.07) is 9.73. The predicted molar refractivity (Wildman–Crippen MR) is 74.5 cm³/mol. The summed E-state index contributed by atoms with van der Waals surface area (Å²) in [4.78, 5) is 21.2. The van der Waals surface area contributed by atoms with Crippen molar-refractivity contribution < 1.29 is 14.5 Å². The molecule has 0 aliphatic rings. The van der Waals surface area contributed by atoms with Crippen LogP contribution in [0.25, 0.3) is 0 Å². The molecule has 5 nitrogen and oxygen atoms in total. The molecule has 0 N–H and O–H groups in total. The van der Waals surface area contributed by atoms with Crippen molar-refractivity contribution in [3.05, 3.63) is 63.2 Å². The Labute approximate surface area is 116 Å². The smallest absolute Gasteiger partial charge is 0.276 e. The van der Waals surface area contributed by atoms with Gasteiger partial charge in [0.2, 0.25) is 0 Å². The van der Waals surface area contributed by atoms with Gasteiger partial charge in [0.15, 0.2) is 0 Å². The summed E-state index contributed by atoms with van der Waals surface area (Å²) in [6.45, 7) is 3.50. The molecular formula is C15H13NO4. The van der Waals surface area contributed by atoms with Gasteiger partial charge in [-0.3, -0.25) is 14.9 Å². The van der Waals surface area contributed by atoms with Gasteiger partial charge in [0.25, 0.3) is 5.69 Å². The maximum Gasteiger partial charge on any atom is 0.276 e. The van der Waals surface area contributed by atoms with Gasteiger partial charge in [0.1, 0.15) is 17.8 Å². The first kappa shape index (κ1) is 13.7. The number of nitro benzene ring substituents is 1. The largest absolute Gasteiger partial charge is 0.457 e. The number of hydrogen-bond donors (Lipinski definition) is 0. The molecule has 0 aliphatic heterocycles. The van der Waals surface area contributed by atoms with Crippen LogP contribution < -0.4 is 4.74 Å². The Morgan fingerprint density at radius 1 is 1.15 bits per heavy atom. The third kappa shape index (κ3) is 2.83. The van der Waals surface area contributed by atoms with Gasteiger partial charge in [0, 0.05) is 11.1 Å². The van der Waals surface area contributed by atoms with Crippen molar-refractivity contribution in [1.82, 2.24) is 0 Å². The second-order valence-corrected chi connectivity index (χ2v) is 4.45. The highest BCUT2D eigenvalue weighted by atomic mass is 16.6. The van der Waals surface area contributed by atoms with Gasteiger partial charge in [0.05, 0.1) is 11.0 Å². The Bertz CT molecular complexity index is 680. The Morgan fingerprint density at radius 3 is 2.55 bits per heavy atom. The number of carbonyl (C=O) groups is 1. The molecule has 0 aromatic heterocycles. The van der Waals surface area contributed by atoms with Crippen molar-refractivity contribution in [2.75, 3.05) is 0 Å². The molecule has 0 heterocycles. The highest BCUT2D eigenvalue weighted by molar-refractivity contribution is 5.75. The quantitative estimate of drug-likeness (QED) is 0.481. The summed E-state index contributed by atoms with van der Waals surface area (Å²) in [7, 11) is 0. The maximum atomic E-state index is 10.9. The molecular weight excluding hydrogens is 258 g/mol. The van der Waals surface area contributed by atoms with E-state index in [1.807, 2.05) is 6.92 Å². The van der Waals surface area contributed by atoms with Gasteiger partial charge in [-0.2, -0.15) is 0 Å². The van der Waals surface area contributed by atoms with Gasteiger partial charge in [-0.15, -0.1) is 0 Å². The number of rotatable bonds is 4. The van der Waals surface area contributed by atoms with E-state index in [2.05, 4.69) is 0 Å². The lowest BCUT2D eigenvalue weighted by molar-refractivity contribution is -0.385. The van der Waals surface area contributed by atoms with E-state index in [0.717, 1.165) is 11.8 Å². The van der Waals surface area contributed by atoms with E-state index in [1.54, 1.807) is 37.3 Å². The summed E-state index contributed by atoms with van der Waals surface area (Å²) < 4.78 is 5.63. The topological polar surface area (TPSA) is 69.4 Å². The molecule has 0 amide bonds. The van der Waals surface area contributed by atoms with Gasteiger partial charge in [-0.05, 0) is 37.6 Å². The van der Waals surface area contributed by atoms with E-state index in [-0.39, 0.29) is 5.69 Å². The van der Waals surface area contributed by atoms with Crippen LogP contribution in [0.5, 0.6) is 11.5 Å². The molecule has 2 aromatic carbocycles. The molecule has 0 aliphatic carbocycles. The molecule has 0 atom stereocenters. The first-order valence-corrected chi connectivity index (χ1v) is 6.00. The van der Waals surface area contributed by atoms with E-state index in [4.69, 9.17) is 4.74 Å². The lowest BCUT2D eigenvalue weighted by Gasteiger charge is -2.10. The van der Waals surface area contributed by atoms with Crippen LogP contribution in [-0.2, 0) is 0 Å². The third-order valence-corrected chi connectivity index (χ3v) is 2.91. The Morgan fingerprint density at radius 2 is 1.90 bits per heavy atom. The lowest BCUT2D eigenvalue weighted by Crippen LogP contribution is -1.95. The average molecular weight is 271 g/mol. The summed E-state index contributed by atoms with van der Waals surface area (Å²) >= 11 is 0. The number of nitro groups is 1. The van der Waals surface area contributed by atoms with Gasteiger partial charge < -0.3 is 4.74 Å². The fourth-order valence-electron chi connectivity index (χ4n) is 1.91. The van der Waals surface area contributed by atoms with Crippen LogP contribution in [0.15, 0.2) is 36.4 Å². The number of ether oxygens (including phenoxy) is 1.